The van der Waals surface area contributed by atoms with Crippen molar-refractivity contribution in [3.63, 3.8) is 0 Å². The Morgan fingerprint density at radius 3 is 2.20 bits per heavy atom. The van der Waals surface area contributed by atoms with Gasteiger partial charge in [0.05, 0.1) is 18.6 Å². The number of hydrogen-bond donors (Lipinski definition) is 3. The molecule has 200 valence electrons. The van der Waals surface area contributed by atoms with Crippen molar-refractivity contribution in [1.29, 1.82) is 0 Å². The zero-order valence-corrected chi connectivity index (χ0v) is 22.3. The molecule has 0 bridgehead atoms. The maximum atomic E-state index is 14.0. The summed E-state index contributed by atoms with van der Waals surface area (Å²) in [6, 6.07) is 26.7. The zero-order valence-electron chi connectivity index (χ0n) is 22.3. The SMILES string of the molecule is Cc1cc(Nc2ccc(NC(=O)c3ccc(Nc4ccnc5ccc(N6CC(C)(F)C6)cc45)cc3)cc2)ccn1. The van der Waals surface area contributed by atoms with Crippen LogP contribution in [0.25, 0.3) is 10.9 Å². The Morgan fingerprint density at radius 1 is 0.800 bits per heavy atom. The van der Waals surface area contributed by atoms with E-state index in [1.165, 1.54) is 0 Å². The average molecular weight is 533 g/mol. The molecule has 2 aromatic heterocycles. The van der Waals surface area contributed by atoms with Gasteiger partial charge in [-0.3, -0.25) is 14.8 Å². The van der Waals surface area contributed by atoms with Gasteiger partial charge in [-0.05, 0) is 98.8 Å². The van der Waals surface area contributed by atoms with Crippen molar-refractivity contribution in [3.8, 4) is 0 Å². The number of pyridine rings is 2. The van der Waals surface area contributed by atoms with Crippen LogP contribution in [0.4, 0.5) is 38.5 Å². The zero-order chi connectivity index (χ0) is 27.7. The molecule has 7 nitrogen and oxygen atoms in total. The molecule has 1 fully saturated rings. The Morgan fingerprint density at radius 2 is 1.48 bits per heavy atom. The minimum Gasteiger partial charge on any atom is -0.365 e. The molecule has 3 N–H and O–H groups in total. The van der Waals surface area contributed by atoms with E-state index < -0.39 is 5.67 Å². The number of carbonyl (C=O) groups is 1. The van der Waals surface area contributed by atoms with Crippen molar-refractivity contribution in [2.24, 2.45) is 0 Å². The van der Waals surface area contributed by atoms with Gasteiger partial charge in [0.25, 0.3) is 5.91 Å². The van der Waals surface area contributed by atoms with E-state index in [1.807, 2.05) is 84.6 Å². The van der Waals surface area contributed by atoms with E-state index in [2.05, 4.69) is 25.9 Å². The van der Waals surface area contributed by atoms with E-state index in [0.29, 0.717) is 24.3 Å². The van der Waals surface area contributed by atoms with Crippen LogP contribution in [-0.4, -0.2) is 34.6 Å². The number of aryl methyl sites for hydroxylation is 1. The van der Waals surface area contributed by atoms with E-state index in [9.17, 15) is 9.18 Å². The van der Waals surface area contributed by atoms with Crippen LogP contribution in [0, 0.1) is 6.92 Å². The number of hydrogen-bond acceptors (Lipinski definition) is 6. The van der Waals surface area contributed by atoms with E-state index in [-0.39, 0.29) is 5.91 Å². The molecule has 8 heteroatoms. The predicted octanol–water partition coefficient (Wildman–Crippen LogP) is 7.23. The molecule has 0 aliphatic carbocycles. The van der Waals surface area contributed by atoms with Gasteiger partial charge in [0.2, 0.25) is 0 Å². The van der Waals surface area contributed by atoms with Crippen LogP contribution in [0.15, 0.2) is 97.3 Å². The third kappa shape index (κ3) is 5.56. The van der Waals surface area contributed by atoms with Crippen LogP contribution in [0.5, 0.6) is 0 Å². The lowest BCUT2D eigenvalue weighted by atomic mass is 9.97. The normalized spacial score (nSPS) is 13.9. The Hall–Kier alpha value is -4.98. The molecule has 5 aromatic rings. The number of amides is 1. The van der Waals surface area contributed by atoms with Crippen LogP contribution < -0.4 is 20.9 Å². The number of nitrogens with zero attached hydrogens (tertiary/aromatic N) is 3. The summed E-state index contributed by atoms with van der Waals surface area (Å²) in [5, 5.41) is 10.7. The molecule has 40 heavy (non-hydrogen) atoms. The maximum absolute atomic E-state index is 14.0. The van der Waals surface area contributed by atoms with E-state index >= 15 is 0 Å². The second kappa shape index (κ2) is 10.3. The maximum Gasteiger partial charge on any atom is 0.255 e. The Labute approximate surface area is 232 Å². The first kappa shape index (κ1) is 25.3. The van der Waals surface area contributed by atoms with Crippen molar-refractivity contribution < 1.29 is 9.18 Å². The van der Waals surface area contributed by atoms with Gasteiger partial charge < -0.3 is 20.9 Å². The molecule has 0 spiro atoms. The van der Waals surface area contributed by atoms with Gasteiger partial charge in [0.15, 0.2) is 0 Å². The Balaban J connectivity index is 1.11. The molecule has 1 aliphatic heterocycles. The number of alkyl halides is 1. The molecular formula is C32H29FN6O. The number of fused-ring (bicyclic) bond motifs is 1. The first-order chi connectivity index (χ1) is 19.3. The Bertz CT molecular complexity index is 1680. The molecule has 6 rings (SSSR count). The van der Waals surface area contributed by atoms with Crippen LogP contribution in [-0.2, 0) is 0 Å². The summed E-state index contributed by atoms with van der Waals surface area (Å²) in [7, 11) is 0. The second-order valence-electron chi connectivity index (χ2n) is 10.4. The quantitative estimate of drug-likeness (QED) is 0.205. The fourth-order valence-electron chi connectivity index (χ4n) is 4.86. The predicted molar refractivity (Wildman–Crippen MR) is 160 cm³/mol. The molecule has 0 atom stereocenters. The third-order valence-electron chi connectivity index (χ3n) is 6.89. The lowest BCUT2D eigenvalue weighted by Crippen LogP contribution is -2.57. The average Bonchev–Trinajstić information content (AvgIpc) is 2.93. The van der Waals surface area contributed by atoms with Crippen LogP contribution in [0.3, 0.4) is 0 Å². The van der Waals surface area contributed by atoms with Crippen molar-refractivity contribution >= 4 is 50.9 Å². The molecular weight excluding hydrogens is 503 g/mol. The van der Waals surface area contributed by atoms with Crippen molar-refractivity contribution in [1.82, 2.24) is 9.97 Å². The van der Waals surface area contributed by atoms with E-state index in [4.69, 9.17) is 0 Å². The third-order valence-corrected chi connectivity index (χ3v) is 6.89. The van der Waals surface area contributed by atoms with Crippen molar-refractivity contribution in [2.75, 3.05) is 33.9 Å². The molecule has 1 saturated heterocycles. The Kier molecular flexibility index (Phi) is 6.51. The molecule has 0 radical (unpaired) electrons. The fourth-order valence-corrected chi connectivity index (χ4v) is 4.86. The number of anilines is 6. The van der Waals surface area contributed by atoms with Crippen molar-refractivity contribution in [2.45, 2.75) is 19.5 Å². The van der Waals surface area contributed by atoms with Crippen LogP contribution in [0.1, 0.15) is 23.0 Å². The van der Waals surface area contributed by atoms with Gasteiger partial charge in [-0.2, -0.15) is 0 Å². The van der Waals surface area contributed by atoms with Gasteiger partial charge >= 0.3 is 0 Å². The number of benzene rings is 3. The van der Waals surface area contributed by atoms with Crippen molar-refractivity contribution in [3.05, 3.63) is 109 Å². The fraction of sp³-hybridized carbons (Fsp3) is 0.156. The highest BCUT2D eigenvalue weighted by atomic mass is 19.1. The molecule has 1 aliphatic rings. The molecule has 0 saturated carbocycles. The summed E-state index contributed by atoms with van der Waals surface area (Å²) in [6.07, 6.45) is 3.52. The number of aromatic nitrogens is 2. The number of nitrogens with one attached hydrogen (secondary N) is 3. The summed E-state index contributed by atoms with van der Waals surface area (Å²) < 4.78 is 14.0. The monoisotopic (exact) mass is 532 g/mol. The van der Waals surface area contributed by atoms with Crippen LogP contribution in [0.2, 0.25) is 0 Å². The van der Waals surface area contributed by atoms with Gasteiger partial charge in [0.1, 0.15) is 5.67 Å². The summed E-state index contributed by atoms with van der Waals surface area (Å²) in [5.74, 6) is -0.189. The largest absolute Gasteiger partial charge is 0.365 e. The van der Waals surface area contributed by atoms with E-state index in [0.717, 1.165) is 45.0 Å². The minimum absolute atomic E-state index is 0.189. The van der Waals surface area contributed by atoms with Gasteiger partial charge in [-0.1, -0.05) is 0 Å². The lowest BCUT2D eigenvalue weighted by Gasteiger charge is -2.43. The number of halogens is 1. The highest BCUT2D eigenvalue weighted by molar-refractivity contribution is 6.04. The smallest absolute Gasteiger partial charge is 0.255 e. The summed E-state index contributed by atoms with van der Waals surface area (Å²) in [6.45, 7) is 4.35. The topological polar surface area (TPSA) is 82.2 Å². The molecule has 3 aromatic carbocycles. The molecule has 1 amide bonds. The first-order valence-corrected chi connectivity index (χ1v) is 13.1. The standard InChI is InChI=1S/C32H29FN6O/c1-21-17-26(13-15-34-21)36-23-7-9-25(10-8-23)38-31(40)22-3-5-24(6-4-22)37-30-14-16-35-29-12-11-27(18-28(29)30)39-19-32(2,33)20-39/h3-18H,19-20H2,1-2H3,(H,34,36)(H,35,37)(H,38,40). The van der Waals surface area contributed by atoms with Gasteiger partial charge in [-0.15, -0.1) is 0 Å². The molecule has 0 unspecified atom stereocenters. The second-order valence-corrected chi connectivity index (χ2v) is 10.4. The summed E-state index contributed by atoms with van der Waals surface area (Å²) >= 11 is 0. The number of carbonyl (C=O) groups excluding carboxylic acids is 1. The minimum atomic E-state index is -1.14. The highest BCUT2D eigenvalue weighted by Gasteiger charge is 2.38. The van der Waals surface area contributed by atoms with E-state index in [1.54, 1.807) is 31.5 Å². The summed E-state index contributed by atoms with van der Waals surface area (Å²) in [4.78, 5) is 23.6. The first-order valence-electron chi connectivity index (χ1n) is 13.1. The molecule has 3 heterocycles. The summed E-state index contributed by atoms with van der Waals surface area (Å²) in [5.41, 5.74) is 6.49. The highest BCUT2D eigenvalue weighted by Crippen LogP contribution is 2.34. The van der Waals surface area contributed by atoms with Crippen LogP contribution >= 0.6 is 0 Å². The number of rotatable bonds is 7. The lowest BCUT2D eigenvalue weighted by molar-refractivity contribution is 0.102. The van der Waals surface area contributed by atoms with Gasteiger partial charge in [-0.25, -0.2) is 4.39 Å². The van der Waals surface area contributed by atoms with Gasteiger partial charge in [0, 0.05) is 63.2 Å².